The van der Waals surface area contributed by atoms with Crippen LogP contribution in [-0.2, 0) is 32.5 Å². The third kappa shape index (κ3) is 11.5. The van der Waals surface area contributed by atoms with E-state index in [9.17, 15) is 0 Å². The standard InChI is InChI=1S/C46H35NS.C40H31NS.C40H33NS/c1-45(2)38-23-19-29-11-5-6-12-32(29)44(38)37-27-43-36(26-39(37)46(45,3)4)35-25-30(20-24-42(35)48-43)28-17-21-31(22-18-28)47-40-15-9-7-13-33(40)34-14-8-10-16-41(34)47;1-39(2)31-23-25(41-32-15-9-7-13-28(32)29-14-8-10-16-33(29)41)18-19-27(31)30-20-22-35-37(38(30)40(39,3)4)36-26-12-6-5-11-24(26)17-21-34(36)42-35;1-39(2)33-22-14-13-21-31(33)35-29-19-11-12-20-30(29)36-32-25-28(23-24-34(32)42-38(36)37(35)40(39,3)4)41(26-15-7-5-8-16-26)27-17-9-6-10-18-27/h5-27H,1-4H3;5-23H,1-4H3;5-25H,1-4H3. The van der Waals surface area contributed by atoms with Crippen molar-refractivity contribution < 1.29 is 0 Å². The summed E-state index contributed by atoms with van der Waals surface area (Å²) >= 11 is 5.81. The second kappa shape index (κ2) is 29.3. The maximum atomic E-state index is 2.53. The van der Waals surface area contributed by atoms with Crippen LogP contribution in [0.3, 0.4) is 0 Å². The molecule has 27 rings (SSSR count). The first-order valence-corrected chi connectivity index (χ1v) is 49.0. The molecule has 132 heavy (non-hydrogen) atoms. The Kier molecular flexibility index (Phi) is 17.8. The number of benzene rings is 19. The van der Waals surface area contributed by atoms with Gasteiger partial charge in [0.25, 0.3) is 0 Å². The summed E-state index contributed by atoms with van der Waals surface area (Å²) in [6.45, 7) is 29.4. The van der Waals surface area contributed by atoms with Crippen molar-refractivity contribution in [1.82, 2.24) is 9.13 Å². The molecule has 0 saturated heterocycles. The maximum Gasteiger partial charge on any atom is 0.0541 e. The van der Waals surface area contributed by atoms with E-state index in [2.05, 4.69) is 479 Å². The van der Waals surface area contributed by atoms with Crippen LogP contribution in [-0.4, -0.2) is 9.13 Å². The van der Waals surface area contributed by atoms with E-state index in [0.29, 0.717) is 0 Å². The van der Waals surface area contributed by atoms with Gasteiger partial charge in [0.15, 0.2) is 0 Å². The Labute approximate surface area is 782 Å². The molecular formula is C126H99N3S3. The minimum Gasteiger partial charge on any atom is -0.310 e. The summed E-state index contributed by atoms with van der Waals surface area (Å²) in [5, 5.41) is 21.5. The predicted octanol–water partition coefficient (Wildman–Crippen LogP) is 36.7. The van der Waals surface area contributed by atoms with E-state index in [4.69, 9.17) is 0 Å². The van der Waals surface area contributed by atoms with E-state index in [1.807, 2.05) is 34.0 Å². The van der Waals surface area contributed by atoms with E-state index >= 15 is 0 Å². The van der Waals surface area contributed by atoms with Crippen LogP contribution < -0.4 is 4.90 Å². The van der Waals surface area contributed by atoms with E-state index in [1.165, 1.54) is 231 Å². The van der Waals surface area contributed by atoms with Gasteiger partial charge in [0.05, 0.1) is 22.1 Å². The molecule has 3 nitrogen and oxygen atoms in total. The monoisotopic (exact) mass is 1750 g/mol. The fourth-order valence-electron chi connectivity index (χ4n) is 23.5. The average Bonchev–Trinajstić information content (AvgIpc) is 1.30. The smallest absolute Gasteiger partial charge is 0.0541 e. The third-order valence-corrected chi connectivity index (χ3v) is 35.7. The Morgan fingerprint density at radius 3 is 1.31 bits per heavy atom. The summed E-state index contributed by atoms with van der Waals surface area (Å²) in [6, 6.07) is 142. The first kappa shape index (κ1) is 80.1. The van der Waals surface area contributed by atoms with Crippen LogP contribution in [0.15, 0.2) is 382 Å². The zero-order valence-electron chi connectivity index (χ0n) is 76.4. The van der Waals surface area contributed by atoms with Crippen LogP contribution in [0.5, 0.6) is 0 Å². The van der Waals surface area contributed by atoms with Gasteiger partial charge in [-0.15, -0.1) is 34.0 Å². The van der Waals surface area contributed by atoms with Crippen LogP contribution in [0.2, 0.25) is 0 Å². The van der Waals surface area contributed by atoms with Gasteiger partial charge in [0.1, 0.15) is 0 Å². The quantitative estimate of drug-likeness (QED) is 0.162. The summed E-state index contributed by atoms with van der Waals surface area (Å²) in [5.74, 6) is 0. The van der Waals surface area contributed by atoms with Gasteiger partial charge in [-0.1, -0.05) is 338 Å². The molecule has 0 aliphatic heterocycles. The number of nitrogens with zero attached hydrogens (tertiary/aromatic N) is 3. The average molecular weight is 1750 g/mol. The Hall–Kier alpha value is -14.0. The molecule has 0 atom stereocenters. The molecule has 0 spiro atoms. The highest BCUT2D eigenvalue weighted by molar-refractivity contribution is 7.27. The van der Waals surface area contributed by atoms with Crippen molar-refractivity contribution >= 4 is 188 Å². The van der Waals surface area contributed by atoms with Crippen LogP contribution in [0.1, 0.15) is 116 Å². The van der Waals surface area contributed by atoms with E-state index < -0.39 is 0 Å². The molecule has 19 aromatic carbocycles. The number of para-hydroxylation sites is 6. The number of hydrogen-bond donors (Lipinski definition) is 0. The zero-order valence-corrected chi connectivity index (χ0v) is 78.9. The summed E-state index contributed by atoms with van der Waals surface area (Å²) in [4.78, 5) is 2.37. The fourth-order valence-corrected chi connectivity index (χ4v) is 27.1. The Morgan fingerprint density at radius 1 is 0.212 bits per heavy atom. The number of thiophene rings is 3. The minimum absolute atomic E-state index is 0.0231. The Balaban J connectivity index is 0.000000107. The molecule has 24 aromatic rings. The molecule has 5 heterocycles. The van der Waals surface area contributed by atoms with E-state index in [0.717, 1.165) is 11.4 Å². The van der Waals surface area contributed by atoms with Crippen molar-refractivity contribution in [1.29, 1.82) is 0 Å². The van der Waals surface area contributed by atoms with Crippen LogP contribution in [0, 0.1) is 0 Å². The second-order valence-corrected chi connectivity index (χ2v) is 43.4. The highest BCUT2D eigenvalue weighted by Gasteiger charge is 2.51. The largest absolute Gasteiger partial charge is 0.310 e. The van der Waals surface area contributed by atoms with Crippen molar-refractivity contribution in [2.45, 2.75) is 116 Å². The number of hydrogen-bond acceptors (Lipinski definition) is 4. The molecule has 636 valence electrons. The van der Waals surface area contributed by atoms with Crippen molar-refractivity contribution in [2.24, 2.45) is 0 Å². The highest BCUT2D eigenvalue weighted by Crippen LogP contribution is 2.63. The molecule has 3 aliphatic carbocycles. The number of aromatic nitrogens is 2. The van der Waals surface area contributed by atoms with Crippen molar-refractivity contribution in [3.63, 3.8) is 0 Å². The maximum absolute atomic E-state index is 2.53. The van der Waals surface area contributed by atoms with Gasteiger partial charge in [-0.3, -0.25) is 0 Å². The Morgan fingerprint density at radius 2 is 0.659 bits per heavy atom. The van der Waals surface area contributed by atoms with Crippen LogP contribution >= 0.6 is 34.0 Å². The summed E-state index contributed by atoms with van der Waals surface area (Å²) in [6.07, 6.45) is 0. The molecule has 0 radical (unpaired) electrons. The lowest BCUT2D eigenvalue weighted by Gasteiger charge is -2.49. The first-order chi connectivity index (χ1) is 64.0. The molecular weight excluding hydrogens is 1650 g/mol. The number of rotatable bonds is 6. The molecule has 0 amide bonds. The lowest BCUT2D eigenvalue weighted by Crippen LogP contribution is -2.43. The zero-order chi connectivity index (χ0) is 89.4. The summed E-state index contributed by atoms with van der Waals surface area (Å²) in [7, 11) is 0. The lowest BCUT2D eigenvalue weighted by molar-refractivity contribution is 0.299. The second-order valence-electron chi connectivity index (χ2n) is 40.1. The van der Waals surface area contributed by atoms with Gasteiger partial charge in [0, 0.05) is 121 Å². The van der Waals surface area contributed by atoms with Crippen molar-refractivity contribution in [3.05, 3.63) is 416 Å². The predicted molar refractivity (Wildman–Crippen MR) is 574 cm³/mol. The third-order valence-electron chi connectivity index (χ3n) is 32.2. The summed E-state index contributed by atoms with van der Waals surface area (Å²) in [5.41, 5.74) is 30.1. The molecule has 0 bridgehead atoms. The van der Waals surface area contributed by atoms with Gasteiger partial charge >= 0.3 is 0 Å². The molecule has 0 unspecified atom stereocenters. The van der Waals surface area contributed by atoms with Gasteiger partial charge in [0.2, 0.25) is 0 Å². The van der Waals surface area contributed by atoms with Gasteiger partial charge in [-0.2, -0.15) is 0 Å². The number of anilines is 3. The van der Waals surface area contributed by atoms with Crippen molar-refractivity contribution in [2.75, 3.05) is 4.90 Å². The van der Waals surface area contributed by atoms with E-state index in [-0.39, 0.29) is 32.5 Å². The Bertz CT molecular complexity index is 8810. The number of fused-ring (bicyclic) bond motifs is 33. The normalized spacial score (nSPS) is 15.2. The van der Waals surface area contributed by atoms with E-state index in [1.54, 1.807) is 0 Å². The SMILES string of the molecule is CC1(C)c2cc(-n3c4ccccc4c4ccccc43)ccc2-c2ccc3sc4ccc5ccccc5c4c3c2C1(C)C.CC1(C)c2cc3c(cc2-c2c(ccc4ccccc24)C1(C)C)sc1ccc(-c2ccc(-n4c5ccccc5c5ccccc54)cc2)cc13.CC1(C)c2ccccc2-c2c(c3sc4ccc(N(c5ccccc5)c5ccccc5)cc4c3c3ccccc23)C1(C)C. The van der Waals surface area contributed by atoms with Crippen LogP contribution in [0.4, 0.5) is 17.1 Å². The highest BCUT2D eigenvalue weighted by atomic mass is 32.1. The molecule has 0 fully saturated rings. The lowest BCUT2D eigenvalue weighted by atomic mass is 9.55. The van der Waals surface area contributed by atoms with Crippen LogP contribution in [0.25, 0.3) is 192 Å². The van der Waals surface area contributed by atoms with Gasteiger partial charge in [-0.25, -0.2) is 0 Å². The van der Waals surface area contributed by atoms with Crippen molar-refractivity contribution in [3.8, 4) is 55.9 Å². The molecule has 0 saturated carbocycles. The fraction of sp³-hybridized carbons (Fsp3) is 0.143. The van der Waals surface area contributed by atoms with Gasteiger partial charge < -0.3 is 14.0 Å². The molecule has 0 N–H and O–H groups in total. The first-order valence-electron chi connectivity index (χ1n) is 46.6. The topological polar surface area (TPSA) is 13.1 Å². The summed E-state index contributed by atoms with van der Waals surface area (Å²) < 4.78 is 13.1. The molecule has 6 heteroatoms. The molecule has 3 aliphatic rings. The van der Waals surface area contributed by atoms with Gasteiger partial charge in [-0.05, 0) is 259 Å². The molecule has 5 aromatic heterocycles. The minimum atomic E-state index is -0.1000.